The van der Waals surface area contributed by atoms with Crippen LogP contribution < -0.4 is 34.7 Å². The van der Waals surface area contributed by atoms with Crippen molar-refractivity contribution in [2.45, 2.75) is 13.8 Å². The summed E-state index contributed by atoms with van der Waals surface area (Å²) in [4.78, 5) is 21.4. The maximum Gasteiger partial charge on any atom is 1.00 e. The zero-order chi connectivity index (χ0) is 11.1. The average molecular weight is 228 g/mol. The Balaban J connectivity index is 0. The van der Waals surface area contributed by atoms with Crippen LogP contribution >= 0.6 is 0 Å². The first kappa shape index (κ1) is 16.8. The minimum absolute atomic E-state index is 0. The summed E-state index contributed by atoms with van der Waals surface area (Å²) in [5.41, 5.74) is 0. The summed E-state index contributed by atoms with van der Waals surface area (Å²) in [6, 6.07) is 0. The zero-order valence-corrected chi connectivity index (χ0v) is 10.8. The van der Waals surface area contributed by atoms with Crippen molar-refractivity contribution in [2.75, 3.05) is 13.2 Å². The molecule has 0 aliphatic carbocycles. The molecule has 0 aromatic heterocycles. The van der Waals surface area contributed by atoms with Crippen LogP contribution in [0.3, 0.4) is 0 Å². The maximum absolute atomic E-state index is 12.7. The fraction of sp³-hybridized carbons (Fsp3) is 0.500. The Bertz CT molecular complexity index is 264. The largest absolute Gasteiger partial charge is 1.00 e. The van der Waals surface area contributed by atoms with Crippen molar-refractivity contribution >= 4 is 11.8 Å². The Kier molecular flexibility index (Phi) is 9.76. The van der Waals surface area contributed by atoms with Crippen LogP contribution in [-0.4, -0.2) is 25.0 Å². The van der Waals surface area contributed by atoms with E-state index in [9.17, 15) is 19.1 Å². The standard InChI is InChI=1S/C8H11FO5.Na/c1-3-13-7(11)5(9)6(10)8(12)14-4-2;/h11H,3-4H2,1-2H3;/q;+1/p-1/b7-5-;. The van der Waals surface area contributed by atoms with Crippen molar-refractivity contribution in [1.82, 2.24) is 0 Å². The molecule has 0 amide bonds. The topological polar surface area (TPSA) is 75.7 Å². The second-order valence-electron chi connectivity index (χ2n) is 2.08. The Hall–Kier alpha value is -0.590. The third kappa shape index (κ3) is 5.76. The molecule has 0 radical (unpaired) electrons. The van der Waals surface area contributed by atoms with Gasteiger partial charge in [-0.15, -0.1) is 0 Å². The van der Waals surface area contributed by atoms with Crippen molar-refractivity contribution in [1.29, 1.82) is 0 Å². The third-order valence-electron chi connectivity index (χ3n) is 1.11. The molecular formula is C8H10FNaO5. The van der Waals surface area contributed by atoms with E-state index in [1.165, 1.54) is 13.8 Å². The molecule has 0 saturated carbocycles. The van der Waals surface area contributed by atoms with Crippen LogP contribution in [0.15, 0.2) is 11.8 Å². The number of carbonyl (C=O) groups excluding carboxylic acids is 2. The molecule has 0 fully saturated rings. The molecule has 0 aromatic rings. The van der Waals surface area contributed by atoms with Crippen LogP contribution in [0.2, 0.25) is 0 Å². The molecule has 0 aliphatic rings. The van der Waals surface area contributed by atoms with E-state index >= 15 is 0 Å². The van der Waals surface area contributed by atoms with Gasteiger partial charge < -0.3 is 14.6 Å². The summed E-state index contributed by atoms with van der Waals surface area (Å²) in [7, 11) is 0. The van der Waals surface area contributed by atoms with E-state index in [4.69, 9.17) is 0 Å². The fourth-order valence-electron chi connectivity index (χ4n) is 0.573. The molecule has 0 saturated heterocycles. The number of Topliss-reactive ketones (excluding diaryl/α,β-unsaturated/α-hetero) is 1. The smallest absolute Gasteiger partial charge is 0.611 e. The Morgan fingerprint density at radius 1 is 1.20 bits per heavy atom. The normalized spacial score (nSPS) is 10.9. The Morgan fingerprint density at radius 2 is 1.67 bits per heavy atom. The second-order valence-corrected chi connectivity index (χ2v) is 2.08. The van der Waals surface area contributed by atoms with Crippen molar-refractivity contribution in [3.05, 3.63) is 11.8 Å². The molecule has 80 valence electrons. The number of ketones is 1. The summed E-state index contributed by atoms with van der Waals surface area (Å²) in [6.07, 6.45) is 0. The number of rotatable bonds is 5. The summed E-state index contributed by atoms with van der Waals surface area (Å²) in [5, 5.41) is 10.6. The van der Waals surface area contributed by atoms with Gasteiger partial charge in [0.2, 0.25) is 0 Å². The van der Waals surface area contributed by atoms with Crippen LogP contribution in [0, 0.1) is 0 Å². The van der Waals surface area contributed by atoms with E-state index in [0.29, 0.717) is 0 Å². The SMILES string of the molecule is CCOC(=O)C(=O)/C(F)=C(\[O-])OCC.[Na+]. The molecule has 0 unspecified atom stereocenters. The predicted octanol–water partition coefficient (Wildman–Crippen LogP) is -3.34. The molecule has 0 rings (SSSR count). The third-order valence-corrected chi connectivity index (χ3v) is 1.11. The average Bonchev–Trinajstić information content (AvgIpc) is 2.16. The van der Waals surface area contributed by atoms with E-state index < -0.39 is 23.5 Å². The zero-order valence-electron chi connectivity index (χ0n) is 8.83. The van der Waals surface area contributed by atoms with E-state index in [0.717, 1.165) is 0 Å². The molecule has 5 nitrogen and oxygen atoms in total. The maximum atomic E-state index is 12.7. The molecule has 0 spiro atoms. The molecule has 0 N–H and O–H groups in total. The number of carbonyl (C=O) groups is 2. The first-order chi connectivity index (χ1) is 6.54. The number of esters is 1. The van der Waals surface area contributed by atoms with Gasteiger partial charge in [-0.25, -0.2) is 9.18 Å². The number of halogens is 1. The van der Waals surface area contributed by atoms with Crippen LogP contribution in [0.4, 0.5) is 4.39 Å². The van der Waals surface area contributed by atoms with E-state index in [2.05, 4.69) is 9.47 Å². The molecule has 0 atom stereocenters. The molecule has 7 heteroatoms. The number of hydrogen-bond donors (Lipinski definition) is 0. The van der Waals surface area contributed by atoms with Gasteiger partial charge in [0.05, 0.1) is 12.6 Å². The van der Waals surface area contributed by atoms with Gasteiger partial charge in [0.15, 0.2) is 5.83 Å². The van der Waals surface area contributed by atoms with Crippen molar-refractivity contribution in [3.8, 4) is 0 Å². The van der Waals surface area contributed by atoms with Gasteiger partial charge in [-0.05, 0) is 13.5 Å². The van der Waals surface area contributed by atoms with Gasteiger partial charge in [0.25, 0.3) is 5.78 Å². The second kappa shape index (κ2) is 8.70. The van der Waals surface area contributed by atoms with Crippen LogP contribution in [0.25, 0.3) is 0 Å². The van der Waals surface area contributed by atoms with Gasteiger partial charge in [-0.1, -0.05) is 6.92 Å². The molecule has 0 heterocycles. The number of hydrogen-bond acceptors (Lipinski definition) is 5. The van der Waals surface area contributed by atoms with E-state index in [1.54, 1.807) is 0 Å². The van der Waals surface area contributed by atoms with Gasteiger partial charge in [0, 0.05) is 0 Å². The molecular weight excluding hydrogens is 218 g/mol. The van der Waals surface area contributed by atoms with Gasteiger partial charge in [-0.3, -0.25) is 4.79 Å². The summed E-state index contributed by atoms with van der Waals surface area (Å²) < 4.78 is 21.1. The number of ether oxygens (including phenoxy) is 2. The van der Waals surface area contributed by atoms with Crippen LogP contribution in [0.5, 0.6) is 0 Å². The van der Waals surface area contributed by atoms with E-state index in [1.807, 2.05) is 0 Å². The molecule has 0 aromatic carbocycles. The fourth-order valence-corrected chi connectivity index (χ4v) is 0.573. The van der Waals surface area contributed by atoms with Gasteiger partial charge in [0.1, 0.15) is 0 Å². The predicted molar refractivity (Wildman–Crippen MR) is 41.4 cm³/mol. The van der Waals surface area contributed by atoms with Gasteiger partial charge in [-0.2, -0.15) is 0 Å². The first-order valence-electron chi connectivity index (χ1n) is 3.95. The van der Waals surface area contributed by atoms with Crippen molar-refractivity contribution in [3.63, 3.8) is 0 Å². The van der Waals surface area contributed by atoms with E-state index in [-0.39, 0.29) is 42.8 Å². The monoisotopic (exact) mass is 228 g/mol. The van der Waals surface area contributed by atoms with Crippen LogP contribution in [-0.2, 0) is 19.1 Å². The van der Waals surface area contributed by atoms with Gasteiger partial charge >= 0.3 is 35.5 Å². The minimum Gasteiger partial charge on any atom is -0.611 e. The molecule has 0 aliphatic heterocycles. The van der Waals surface area contributed by atoms with Crippen molar-refractivity contribution < 1.29 is 58.1 Å². The molecule has 15 heavy (non-hydrogen) atoms. The Labute approximate surface area is 109 Å². The summed E-state index contributed by atoms with van der Waals surface area (Å²) >= 11 is 0. The Morgan fingerprint density at radius 3 is 2.07 bits per heavy atom. The van der Waals surface area contributed by atoms with Crippen molar-refractivity contribution in [2.24, 2.45) is 0 Å². The summed E-state index contributed by atoms with van der Waals surface area (Å²) in [5.74, 6) is -6.24. The van der Waals surface area contributed by atoms with Crippen LogP contribution in [0.1, 0.15) is 13.8 Å². The minimum atomic E-state index is -1.76. The molecule has 0 bridgehead atoms. The first-order valence-corrected chi connectivity index (χ1v) is 3.95. The quantitative estimate of drug-likeness (QED) is 0.162. The summed E-state index contributed by atoms with van der Waals surface area (Å²) in [6.45, 7) is 2.75.